The zero-order valence-corrected chi connectivity index (χ0v) is 13.1. The van der Waals surface area contributed by atoms with Crippen molar-refractivity contribution in [2.45, 2.75) is 18.9 Å². The Hall–Kier alpha value is -2.73. The van der Waals surface area contributed by atoms with Gasteiger partial charge in [0.1, 0.15) is 19.3 Å². The Morgan fingerprint density at radius 1 is 1.04 bits per heavy atom. The second-order valence-electron chi connectivity index (χ2n) is 5.16. The van der Waals surface area contributed by atoms with E-state index in [2.05, 4.69) is 4.98 Å². The first kappa shape index (κ1) is 17.6. The molecule has 0 bridgehead atoms. The number of pyridine rings is 1. The van der Waals surface area contributed by atoms with E-state index in [0.29, 0.717) is 12.0 Å². The fraction of sp³-hybridized carbons (Fsp3) is 0.278. The minimum Gasteiger partial charge on any atom is -0.463 e. The van der Waals surface area contributed by atoms with Crippen molar-refractivity contribution in [3.05, 3.63) is 66.0 Å². The van der Waals surface area contributed by atoms with Crippen LogP contribution in [0.3, 0.4) is 0 Å². The van der Waals surface area contributed by atoms with Crippen molar-refractivity contribution >= 4 is 11.9 Å². The fourth-order valence-corrected chi connectivity index (χ4v) is 1.94. The average molecular weight is 329 g/mol. The van der Waals surface area contributed by atoms with Crippen LogP contribution >= 0.6 is 0 Å². The molecule has 2 rings (SSSR count). The molecule has 1 aromatic carbocycles. The lowest BCUT2D eigenvalue weighted by atomic mass is 10.1. The van der Waals surface area contributed by atoms with Gasteiger partial charge in [0.25, 0.3) is 0 Å². The molecule has 126 valence electrons. The van der Waals surface area contributed by atoms with Gasteiger partial charge >= 0.3 is 11.9 Å². The van der Waals surface area contributed by atoms with Crippen LogP contribution in [0.2, 0.25) is 0 Å². The van der Waals surface area contributed by atoms with Crippen LogP contribution in [0.15, 0.2) is 54.9 Å². The molecule has 0 amide bonds. The summed E-state index contributed by atoms with van der Waals surface area (Å²) in [5, 5.41) is 9.71. The van der Waals surface area contributed by atoms with Gasteiger partial charge in [0.05, 0.1) is 5.56 Å². The molecular formula is C18H19NO5. The van der Waals surface area contributed by atoms with Gasteiger partial charge in [-0.25, -0.2) is 4.79 Å². The minimum absolute atomic E-state index is 0.214. The summed E-state index contributed by atoms with van der Waals surface area (Å²) in [6, 6.07) is 12.7. The predicted octanol–water partition coefficient (Wildman–Crippen LogP) is 1.78. The van der Waals surface area contributed by atoms with E-state index in [0.717, 1.165) is 5.56 Å². The summed E-state index contributed by atoms with van der Waals surface area (Å²) in [5.74, 6) is -0.992. The Bertz CT molecular complexity index is 645. The number of ether oxygens (including phenoxy) is 2. The summed E-state index contributed by atoms with van der Waals surface area (Å²) in [6.07, 6.45) is 2.66. The molecular weight excluding hydrogens is 310 g/mol. The smallest absolute Gasteiger partial charge is 0.339 e. The molecule has 1 atom stereocenters. The number of esters is 2. The number of benzene rings is 1. The summed E-state index contributed by atoms with van der Waals surface area (Å²) >= 11 is 0. The Labute approximate surface area is 140 Å². The van der Waals surface area contributed by atoms with Crippen molar-refractivity contribution in [1.82, 2.24) is 4.98 Å². The monoisotopic (exact) mass is 329 g/mol. The maximum Gasteiger partial charge on any atom is 0.339 e. The first-order valence-corrected chi connectivity index (χ1v) is 7.60. The third-order valence-electron chi connectivity index (χ3n) is 3.20. The molecule has 0 aliphatic rings. The van der Waals surface area contributed by atoms with Crippen molar-refractivity contribution in [2.24, 2.45) is 0 Å². The van der Waals surface area contributed by atoms with Gasteiger partial charge in [0.15, 0.2) is 0 Å². The number of aliphatic hydroxyl groups is 1. The SMILES string of the molecule is O=C(CCc1ccccc1)OCC(O)COC(=O)c1cccnc1. The Kier molecular flexibility index (Phi) is 6.91. The molecule has 0 spiro atoms. The van der Waals surface area contributed by atoms with Crippen LogP contribution in [0.4, 0.5) is 0 Å². The molecule has 1 heterocycles. The van der Waals surface area contributed by atoms with Gasteiger partial charge < -0.3 is 14.6 Å². The molecule has 24 heavy (non-hydrogen) atoms. The van der Waals surface area contributed by atoms with Crippen LogP contribution in [0, 0.1) is 0 Å². The second kappa shape index (κ2) is 9.42. The normalized spacial score (nSPS) is 11.5. The molecule has 1 aromatic heterocycles. The number of aromatic nitrogens is 1. The first-order valence-electron chi connectivity index (χ1n) is 7.60. The van der Waals surface area contributed by atoms with E-state index in [1.807, 2.05) is 30.3 Å². The highest BCUT2D eigenvalue weighted by Crippen LogP contribution is 2.04. The van der Waals surface area contributed by atoms with Gasteiger partial charge in [0.2, 0.25) is 0 Å². The number of carbonyl (C=O) groups is 2. The molecule has 0 fully saturated rings. The first-order chi connectivity index (χ1) is 11.6. The maximum absolute atomic E-state index is 11.7. The van der Waals surface area contributed by atoms with Crippen LogP contribution in [0.25, 0.3) is 0 Å². The summed E-state index contributed by atoms with van der Waals surface area (Å²) < 4.78 is 9.90. The second-order valence-corrected chi connectivity index (χ2v) is 5.16. The van der Waals surface area contributed by atoms with Gasteiger partial charge in [-0.15, -0.1) is 0 Å². The largest absolute Gasteiger partial charge is 0.463 e. The number of carbonyl (C=O) groups excluding carboxylic acids is 2. The molecule has 2 aromatic rings. The van der Waals surface area contributed by atoms with Crippen LogP contribution < -0.4 is 0 Å². The van der Waals surface area contributed by atoms with Gasteiger partial charge in [0, 0.05) is 18.8 Å². The van der Waals surface area contributed by atoms with Crippen molar-refractivity contribution in [2.75, 3.05) is 13.2 Å². The van der Waals surface area contributed by atoms with Crippen LogP contribution in [-0.2, 0) is 20.7 Å². The molecule has 0 aliphatic carbocycles. The third-order valence-corrected chi connectivity index (χ3v) is 3.20. The maximum atomic E-state index is 11.7. The summed E-state index contributed by atoms with van der Waals surface area (Å²) in [5.41, 5.74) is 1.34. The molecule has 1 unspecified atom stereocenters. The van der Waals surface area contributed by atoms with Crippen LogP contribution in [-0.4, -0.2) is 41.3 Å². The van der Waals surface area contributed by atoms with E-state index in [4.69, 9.17) is 9.47 Å². The number of hydrogen-bond acceptors (Lipinski definition) is 6. The third kappa shape index (κ3) is 6.18. The Morgan fingerprint density at radius 3 is 2.50 bits per heavy atom. The minimum atomic E-state index is -1.06. The molecule has 6 nitrogen and oxygen atoms in total. The quantitative estimate of drug-likeness (QED) is 0.743. The highest BCUT2D eigenvalue weighted by Gasteiger charge is 2.13. The molecule has 0 saturated heterocycles. The Balaban J connectivity index is 1.63. The molecule has 6 heteroatoms. The van der Waals surface area contributed by atoms with E-state index in [1.165, 1.54) is 6.20 Å². The summed E-state index contributed by atoms with van der Waals surface area (Å²) in [7, 11) is 0. The van der Waals surface area contributed by atoms with Gasteiger partial charge in [-0.1, -0.05) is 30.3 Å². The van der Waals surface area contributed by atoms with Crippen molar-refractivity contribution < 1.29 is 24.2 Å². The van der Waals surface area contributed by atoms with Crippen molar-refractivity contribution in [1.29, 1.82) is 0 Å². The summed E-state index contributed by atoms with van der Waals surface area (Å²) in [6.45, 7) is -0.465. The van der Waals surface area contributed by atoms with Gasteiger partial charge in [-0.2, -0.15) is 0 Å². The van der Waals surface area contributed by atoms with Gasteiger partial charge in [-0.3, -0.25) is 9.78 Å². The zero-order chi connectivity index (χ0) is 17.2. The molecule has 1 N–H and O–H groups in total. The lowest BCUT2D eigenvalue weighted by Gasteiger charge is -2.12. The number of aryl methyl sites for hydroxylation is 1. The zero-order valence-electron chi connectivity index (χ0n) is 13.1. The van der Waals surface area contributed by atoms with Crippen molar-refractivity contribution in [3.8, 4) is 0 Å². The standard InChI is InChI=1S/C18H19NO5/c20-16(13-24-18(22)15-7-4-10-19-11-15)12-23-17(21)9-8-14-5-2-1-3-6-14/h1-7,10-11,16,20H,8-9,12-13H2. The van der Waals surface area contributed by atoms with Crippen molar-refractivity contribution in [3.63, 3.8) is 0 Å². The summed E-state index contributed by atoms with van der Waals surface area (Å²) in [4.78, 5) is 27.1. The van der Waals surface area contributed by atoms with E-state index in [-0.39, 0.29) is 19.6 Å². The number of rotatable bonds is 8. The fourth-order valence-electron chi connectivity index (χ4n) is 1.94. The van der Waals surface area contributed by atoms with E-state index >= 15 is 0 Å². The average Bonchev–Trinajstić information content (AvgIpc) is 2.64. The lowest BCUT2D eigenvalue weighted by molar-refractivity contribution is -0.147. The Morgan fingerprint density at radius 2 is 1.79 bits per heavy atom. The van der Waals surface area contributed by atoms with E-state index in [1.54, 1.807) is 18.3 Å². The number of nitrogens with zero attached hydrogens (tertiary/aromatic N) is 1. The topological polar surface area (TPSA) is 85.7 Å². The predicted molar refractivity (Wildman–Crippen MR) is 86.2 cm³/mol. The van der Waals surface area contributed by atoms with Crippen LogP contribution in [0.5, 0.6) is 0 Å². The highest BCUT2D eigenvalue weighted by atomic mass is 16.6. The lowest BCUT2D eigenvalue weighted by Crippen LogP contribution is -2.25. The molecule has 0 saturated carbocycles. The van der Waals surface area contributed by atoms with Crippen LogP contribution in [0.1, 0.15) is 22.3 Å². The van der Waals surface area contributed by atoms with E-state index in [9.17, 15) is 14.7 Å². The molecule has 0 radical (unpaired) electrons. The molecule has 0 aliphatic heterocycles. The number of hydrogen-bond donors (Lipinski definition) is 1. The number of aliphatic hydroxyl groups excluding tert-OH is 1. The van der Waals surface area contributed by atoms with Gasteiger partial charge in [-0.05, 0) is 24.1 Å². The van der Waals surface area contributed by atoms with E-state index < -0.39 is 18.0 Å². The highest BCUT2D eigenvalue weighted by molar-refractivity contribution is 5.88.